The van der Waals surface area contributed by atoms with Crippen molar-refractivity contribution in [2.45, 2.75) is 0 Å². The van der Waals surface area contributed by atoms with Crippen LogP contribution in [0.15, 0.2) is 12.1 Å². The first-order valence-corrected chi connectivity index (χ1v) is 6.39. The molecule has 0 atom stereocenters. The van der Waals surface area contributed by atoms with Gasteiger partial charge in [-0.15, -0.1) is 10.2 Å². The molecule has 1 saturated heterocycles. The number of hydrogen-bond acceptors (Lipinski definition) is 5. The topological polar surface area (TPSA) is 89.2 Å². The predicted molar refractivity (Wildman–Crippen MR) is 60.2 cm³/mol. The van der Waals surface area contributed by atoms with Crippen LogP contribution in [0.3, 0.4) is 0 Å². The van der Waals surface area contributed by atoms with Gasteiger partial charge in [-0.2, -0.15) is 0 Å². The minimum absolute atomic E-state index is 0.177. The van der Waals surface area contributed by atoms with E-state index >= 15 is 0 Å². The van der Waals surface area contributed by atoms with Crippen LogP contribution in [0.1, 0.15) is 10.5 Å². The fraction of sp³-hybridized carbons (Fsp3) is 0.444. The van der Waals surface area contributed by atoms with Crippen molar-refractivity contribution in [1.82, 2.24) is 15.1 Å². The van der Waals surface area contributed by atoms with Gasteiger partial charge in [-0.05, 0) is 12.1 Å². The monoisotopic (exact) mass is 240 g/mol. The highest BCUT2D eigenvalue weighted by Gasteiger charge is 2.22. The number of nitrogens with two attached hydrogens (primary N) is 1. The van der Waals surface area contributed by atoms with Crippen LogP contribution < -0.4 is 5.73 Å². The minimum Gasteiger partial charge on any atom is -0.382 e. The zero-order valence-corrected chi connectivity index (χ0v) is 9.44. The first kappa shape index (κ1) is 11.0. The van der Waals surface area contributed by atoms with Crippen molar-refractivity contribution in [3.8, 4) is 0 Å². The molecule has 0 aromatic carbocycles. The van der Waals surface area contributed by atoms with E-state index in [0.29, 0.717) is 24.6 Å². The fourth-order valence-electron chi connectivity index (χ4n) is 1.46. The van der Waals surface area contributed by atoms with Crippen molar-refractivity contribution in [1.29, 1.82) is 0 Å². The van der Waals surface area contributed by atoms with E-state index in [1.54, 1.807) is 17.0 Å². The molecule has 16 heavy (non-hydrogen) atoms. The van der Waals surface area contributed by atoms with Crippen molar-refractivity contribution in [3.63, 3.8) is 0 Å². The summed E-state index contributed by atoms with van der Waals surface area (Å²) in [5.74, 6) is 1.18. The van der Waals surface area contributed by atoms with Crippen molar-refractivity contribution in [2.24, 2.45) is 0 Å². The van der Waals surface area contributed by atoms with Crippen LogP contribution in [-0.2, 0) is 10.8 Å². The van der Waals surface area contributed by atoms with E-state index in [2.05, 4.69) is 10.2 Å². The Balaban J connectivity index is 2.07. The Labute approximate surface area is 95.3 Å². The highest BCUT2D eigenvalue weighted by atomic mass is 32.2. The lowest BCUT2D eigenvalue weighted by molar-refractivity contribution is 0.0764. The molecule has 0 radical (unpaired) electrons. The number of hydrogen-bond donors (Lipinski definition) is 1. The zero-order valence-electron chi connectivity index (χ0n) is 8.63. The predicted octanol–water partition coefficient (Wildman–Crippen LogP) is -0.737. The highest BCUT2D eigenvalue weighted by molar-refractivity contribution is 7.85. The molecule has 0 unspecified atom stereocenters. The number of amides is 1. The number of carbonyl (C=O) groups is 1. The molecule has 0 bridgehead atoms. The zero-order chi connectivity index (χ0) is 11.5. The highest BCUT2D eigenvalue weighted by Crippen LogP contribution is 2.06. The molecule has 6 nitrogen and oxygen atoms in total. The van der Waals surface area contributed by atoms with Gasteiger partial charge in [-0.3, -0.25) is 9.00 Å². The van der Waals surface area contributed by atoms with Crippen molar-refractivity contribution >= 4 is 22.5 Å². The van der Waals surface area contributed by atoms with E-state index in [0.717, 1.165) is 0 Å². The molecule has 1 aromatic heterocycles. The maximum atomic E-state index is 11.9. The van der Waals surface area contributed by atoms with Gasteiger partial charge in [0.1, 0.15) is 5.82 Å². The molecule has 1 aromatic rings. The molecule has 7 heteroatoms. The number of nitrogens with zero attached hydrogens (tertiary/aromatic N) is 3. The Kier molecular flexibility index (Phi) is 3.14. The summed E-state index contributed by atoms with van der Waals surface area (Å²) >= 11 is 0. The Hall–Kier alpha value is -1.50. The summed E-state index contributed by atoms with van der Waals surface area (Å²) in [4.78, 5) is 13.5. The molecule has 1 amide bonds. The maximum absolute atomic E-state index is 11.9. The average Bonchev–Trinajstić information content (AvgIpc) is 2.30. The summed E-state index contributed by atoms with van der Waals surface area (Å²) in [6, 6.07) is 3.10. The largest absolute Gasteiger partial charge is 0.382 e. The second-order valence-electron chi connectivity index (χ2n) is 3.48. The van der Waals surface area contributed by atoms with Crippen LogP contribution in [0, 0.1) is 0 Å². The standard InChI is InChI=1S/C9H12N4O2S/c10-8-2-1-7(11-12-8)9(14)13-3-5-16(15)6-4-13/h1-2H,3-6H2,(H2,10,12). The number of nitrogen functional groups attached to an aromatic ring is 1. The summed E-state index contributed by atoms with van der Waals surface area (Å²) in [6.45, 7) is 1.02. The van der Waals surface area contributed by atoms with Crippen LogP contribution in [0.25, 0.3) is 0 Å². The third-order valence-electron chi connectivity index (χ3n) is 2.37. The van der Waals surface area contributed by atoms with Gasteiger partial charge in [0.25, 0.3) is 5.91 Å². The second kappa shape index (κ2) is 4.56. The van der Waals surface area contributed by atoms with E-state index in [1.165, 1.54) is 0 Å². The number of aromatic nitrogens is 2. The molecule has 0 saturated carbocycles. The van der Waals surface area contributed by atoms with Crippen molar-refractivity contribution < 1.29 is 9.00 Å². The van der Waals surface area contributed by atoms with Crippen LogP contribution in [0.5, 0.6) is 0 Å². The summed E-state index contributed by atoms with van der Waals surface area (Å²) in [6.07, 6.45) is 0. The van der Waals surface area contributed by atoms with Crippen LogP contribution >= 0.6 is 0 Å². The molecule has 1 aliphatic heterocycles. The molecule has 2 heterocycles. The van der Waals surface area contributed by atoms with Gasteiger partial charge >= 0.3 is 0 Å². The first-order valence-electron chi connectivity index (χ1n) is 4.90. The summed E-state index contributed by atoms with van der Waals surface area (Å²) in [5.41, 5.74) is 5.66. The van der Waals surface area contributed by atoms with Gasteiger partial charge in [0.05, 0.1) is 0 Å². The second-order valence-corrected chi connectivity index (χ2v) is 5.18. The smallest absolute Gasteiger partial charge is 0.274 e. The van der Waals surface area contributed by atoms with Crippen LogP contribution in [0.2, 0.25) is 0 Å². The van der Waals surface area contributed by atoms with Gasteiger partial charge in [-0.25, -0.2) is 0 Å². The van der Waals surface area contributed by atoms with E-state index in [-0.39, 0.29) is 17.4 Å². The van der Waals surface area contributed by atoms with Crippen molar-refractivity contribution in [3.05, 3.63) is 17.8 Å². The normalized spacial score (nSPS) is 17.4. The number of carbonyl (C=O) groups excluding carboxylic acids is 1. The lowest BCUT2D eigenvalue weighted by atomic mass is 10.3. The lowest BCUT2D eigenvalue weighted by Gasteiger charge is -2.25. The molecule has 0 spiro atoms. The maximum Gasteiger partial charge on any atom is 0.274 e. The van der Waals surface area contributed by atoms with E-state index in [9.17, 15) is 9.00 Å². The van der Waals surface area contributed by atoms with Gasteiger partial charge in [0.2, 0.25) is 0 Å². The average molecular weight is 240 g/mol. The van der Waals surface area contributed by atoms with Gasteiger partial charge in [0, 0.05) is 35.4 Å². The fourth-order valence-corrected chi connectivity index (χ4v) is 2.51. The summed E-state index contributed by atoms with van der Waals surface area (Å²) < 4.78 is 11.1. The molecule has 1 aliphatic rings. The Bertz CT molecular complexity index is 410. The van der Waals surface area contributed by atoms with Gasteiger partial charge < -0.3 is 10.6 Å². The first-order chi connectivity index (χ1) is 7.66. The molecule has 86 valence electrons. The molecule has 2 rings (SSSR count). The van der Waals surface area contributed by atoms with E-state index < -0.39 is 10.8 Å². The van der Waals surface area contributed by atoms with Crippen molar-refractivity contribution in [2.75, 3.05) is 30.3 Å². The molecule has 0 aliphatic carbocycles. The quantitative estimate of drug-likeness (QED) is 0.698. The number of rotatable bonds is 1. The minimum atomic E-state index is -0.787. The SMILES string of the molecule is Nc1ccc(C(=O)N2CCS(=O)CC2)nn1. The van der Waals surface area contributed by atoms with Gasteiger partial charge in [0.15, 0.2) is 5.69 Å². The van der Waals surface area contributed by atoms with Crippen LogP contribution in [0.4, 0.5) is 5.82 Å². The molecular formula is C9H12N4O2S. The molecule has 2 N–H and O–H groups in total. The Morgan fingerprint density at radius 1 is 1.31 bits per heavy atom. The Morgan fingerprint density at radius 3 is 2.56 bits per heavy atom. The van der Waals surface area contributed by atoms with Gasteiger partial charge in [-0.1, -0.05) is 0 Å². The summed E-state index contributed by atoms with van der Waals surface area (Å²) in [7, 11) is -0.787. The molecule has 1 fully saturated rings. The Morgan fingerprint density at radius 2 is 2.00 bits per heavy atom. The lowest BCUT2D eigenvalue weighted by Crippen LogP contribution is -2.42. The third kappa shape index (κ3) is 2.35. The van der Waals surface area contributed by atoms with E-state index in [4.69, 9.17) is 5.73 Å². The molecular weight excluding hydrogens is 228 g/mol. The van der Waals surface area contributed by atoms with Crippen LogP contribution in [-0.4, -0.2) is 49.8 Å². The third-order valence-corrected chi connectivity index (χ3v) is 3.65. The summed E-state index contributed by atoms with van der Waals surface area (Å²) in [5, 5.41) is 7.36. The van der Waals surface area contributed by atoms with E-state index in [1.807, 2.05) is 0 Å². The number of anilines is 1.